The van der Waals surface area contributed by atoms with Gasteiger partial charge in [-0.15, -0.1) is 0 Å². The van der Waals surface area contributed by atoms with Crippen molar-refractivity contribution in [2.45, 2.75) is 6.61 Å². The maximum absolute atomic E-state index is 12.2. The van der Waals surface area contributed by atoms with Crippen LogP contribution in [0.2, 0.25) is 0 Å². The van der Waals surface area contributed by atoms with Crippen molar-refractivity contribution in [3.63, 3.8) is 0 Å². The molecule has 4 rings (SSSR count). The molecule has 0 bridgehead atoms. The lowest BCUT2D eigenvalue weighted by atomic mass is 10.1. The Balaban J connectivity index is 1.34. The normalized spacial score (nSPS) is 10.5. The average molecular weight is 451 g/mol. The number of carbonyl (C=O) groups excluding carboxylic acids is 1. The smallest absolute Gasteiger partial charge is 0.340 e. The van der Waals surface area contributed by atoms with Crippen LogP contribution in [0.1, 0.15) is 16.1 Å². The Morgan fingerprint density at radius 2 is 1.79 bits per heavy atom. The maximum atomic E-state index is 12.2. The highest BCUT2D eigenvalue weighted by Gasteiger charge is 2.12. The fraction of sp³-hybridized carbons (Fsp3) is 0.0455. The van der Waals surface area contributed by atoms with E-state index in [2.05, 4.69) is 26.1 Å². The monoisotopic (exact) mass is 450 g/mol. The van der Waals surface area contributed by atoms with Gasteiger partial charge in [0, 0.05) is 28.4 Å². The second-order valence-corrected chi connectivity index (χ2v) is 6.98. The molecule has 2 heterocycles. The van der Waals surface area contributed by atoms with Gasteiger partial charge in [-0.2, -0.15) is 0 Å². The Hall–Kier alpha value is -3.45. The molecule has 0 amide bonds. The minimum atomic E-state index is -0.509. The van der Waals surface area contributed by atoms with Crippen molar-refractivity contribution in [1.29, 1.82) is 0 Å². The molecule has 0 saturated carbocycles. The molecule has 0 aliphatic carbocycles. The van der Waals surface area contributed by atoms with E-state index in [-0.39, 0.29) is 6.61 Å². The lowest BCUT2D eigenvalue weighted by Crippen LogP contribution is -2.05. The zero-order chi connectivity index (χ0) is 20.1. The van der Waals surface area contributed by atoms with Crippen LogP contribution < -0.4 is 4.74 Å². The first-order valence-electron chi connectivity index (χ1n) is 8.75. The first kappa shape index (κ1) is 18.9. The number of carbonyl (C=O) groups is 1. The van der Waals surface area contributed by atoms with Gasteiger partial charge in [0.25, 0.3) is 0 Å². The lowest BCUT2D eigenvalue weighted by molar-refractivity contribution is 0.0437. The van der Waals surface area contributed by atoms with Gasteiger partial charge in [0.1, 0.15) is 11.4 Å². The summed E-state index contributed by atoms with van der Waals surface area (Å²) in [7, 11) is 0. The predicted molar refractivity (Wildman–Crippen MR) is 110 cm³/mol. The van der Waals surface area contributed by atoms with E-state index in [9.17, 15) is 4.79 Å². The van der Waals surface area contributed by atoms with Crippen LogP contribution in [-0.2, 0) is 11.3 Å². The summed E-state index contributed by atoms with van der Waals surface area (Å²) in [6.07, 6.45) is 1.41. The van der Waals surface area contributed by atoms with Gasteiger partial charge < -0.3 is 14.0 Å². The molecule has 0 aliphatic heterocycles. The molecule has 0 unspecified atom stereocenters. The third-order valence-electron chi connectivity index (χ3n) is 3.98. The number of halogens is 1. The van der Waals surface area contributed by atoms with E-state index < -0.39 is 5.97 Å². The summed E-state index contributed by atoms with van der Waals surface area (Å²) in [6.45, 7) is -0.0232. The van der Waals surface area contributed by atoms with Gasteiger partial charge in [-0.3, -0.25) is 0 Å². The SMILES string of the molecule is O=C(OCc1cc(-c2ccc(Br)cc2)no1)c1ccc(Oc2ccccc2)nc1. The molecule has 7 heteroatoms. The lowest BCUT2D eigenvalue weighted by Gasteiger charge is -2.05. The molecule has 0 spiro atoms. The number of nitrogens with zero attached hydrogens (tertiary/aromatic N) is 2. The van der Waals surface area contributed by atoms with E-state index in [1.807, 2.05) is 54.6 Å². The second kappa shape index (κ2) is 8.70. The minimum Gasteiger partial charge on any atom is -0.454 e. The molecule has 0 N–H and O–H groups in total. The first-order chi connectivity index (χ1) is 14.2. The molecule has 6 nitrogen and oxygen atoms in total. The quantitative estimate of drug-likeness (QED) is 0.353. The van der Waals surface area contributed by atoms with Crippen molar-refractivity contribution in [2.24, 2.45) is 0 Å². The molecule has 0 fully saturated rings. The van der Waals surface area contributed by atoms with E-state index in [1.165, 1.54) is 6.20 Å². The van der Waals surface area contributed by atoms with Crippen LogP contribution in [0.15, 0.2) is 88.0 Å². The Labute approximate surface area is 175 Å². The van der Waals surface area contributed by atoms with Crippen molar-refractivity contribution in [1.82, 2.24) is 10.1 Å². The molecule has 2 aromatic carbocycles. The van der Waals surface area contributed by atoms with E-state index in [0.717, 1.165) is 10.0 Å². The van der Waals surface area contributed by atoms with Crippen LogP contribution >= 0.6 is 15.9 Å². The zero-order valence-electron chi connectivity index (χ0n) is 15.1. The molecule has 29 heavy (non-hydrogen) atoms. The molecule has 2 aromatic heterocycles. The van der Waals surface area contributed by atoms with Crippen LogP contribution in [0.25, 0.3) is 11.3 Å². The predicted octanol–water partition coefficient (Wildman–Crippen LogP) is 5.65. The fourth-order valence-corrected chi connectivity index (χ4v) is 2.79. The van der Waals surface area contributed by atoms with E-state index in [4.69, 9.17) is 14.0 Å². The zero-order valence-corrected chi connectivity index (χ0v) is 16.7. The number of benzene rings is 2. The first-order valence-corrected chi connectivity index (χ1v) is 9.54. The molecule has 144 valence electrons. The van der Waals surface area contributed by atoms with Gasteiger partial charge in [-0.25, -0.2) is 9.78 Å². The van der Waals surface area contributed by atoms with Gasteiger partial charge in [0.05, 0.1) is 5.56 Å². The number of esters is 1. The maximum Gasteiger partial charge on any atom is 0.340 e. The van der Waals surface area contributed by atoms with Crippen molar-refractivity contribution >= 4 is 21.9 Å². The molecule has 0 saturated heterocycles. The summed E-state index contributed by atoms with van der Waals surface area (Å²) in [6, 6.07) is 21.9. The highest BCUT2D eigenvalue weighted by molar-refractivity contribution is 9.10. The molecular weight excluding hydrogens is 436 g/mol. The van der Waals surface area contributed by atoms with E-state index in [0.29, 0.717) is 28.6 Å². The summed E-state index contributed by atoms with van der Waals surface area (Å²) in [4.78, 5) is 16.4. The van der Waals surface area contributed by atoms with Crippen molar-refractivity contribution in [2.75, 3.05) is 0 Å². The number of para-hydroxylation sites is 1. The van der Waals surface area contributed by atoms with Gasteiger partial charge in [-0.1, -0.05) is 51.4 Å². The van der Waals surface area contributed by atoms with Gasteiger partial charge >= 0.3 is 5.97 Å². The summed E-state index contributed by atoms with van der Waals surface area (Å²) >= 11 is 3.39. The van der Waals surface area contributed by atoms with Gasteiger partial charge in [0.15, 0.2) is 12.4 Å². The second-order valence-electron chi connectivity index (χ2n) is 6.06. The number of rotatable bonds is 6. The average Bonchev–Trinajstić information content (AvgIpc) is 3.23. The molecular formula is C22H15BrN2O4. The van der Waals surface area contributed by atoms with Gasteiger partial charge in [0.2, 0.25) is 5.88 Å². The van der Waals surface area contributed by atoms with E-state index in [1.54, 1.807) is 18.2 Å². The summed E-state index contributed by atoms with van der Waals surface area (Å²) in [5, 5.41) is 4.01. The molecule has 0 radical (unpaired) electrons. The highest BCUT2D eigenvalue weighted by atomic mass is 79.9. The van der Waals surface area contributed by atoms with Crippen LogP contribution in [0.3, 0.4) is 0 Å². The minimum absolute atomic E-state index is 0.0232. The molecule has 4 aromatic rings. The van der Waals surface area contributed by atoms with Crippen molar-refractivity contribution < 1.29 is 18.8 Å². The third-order valence-corrected chi connectivity index (χ3v) is 4.51. The number of ether oxygens (including phenoxy) is 2. The Bertz CT molecular complexity index is 1090. The van der Waals surface area contributed by atoms with Gasteiger partial charge in [-0.05, 0) is 30.3 Å². The highest BCUT2D eigenvalue weighted by Crippen LogP contribution is 2.22. The number of aromatic nitrogens is 2. The van der Waals surface area contributed by atoms with Crippen LogP contribution in [0, 0.1) is 0 Å². The fourth-order valence-electron chi connectivity index (χ4n) is 2.53. The third kappa shape index (κ3) is 4.89. The standard InChI is InChI=1S/C22H15BrN2O4/c23-17-9-6-15(7-10-17)20-12-19(29-25-20)14-27-22(26)16-8-11-21(24-13-16)28-18-4-2-1-3-5-18/h1-13H,14H2. The van der Waals surface area contributed by atoms with Crippen LogP contribution in [-0.4, -0.2) is 16.1 Å². The topological polar surface area (TPSA) is 74.5 Å². The van der Waals surface area contributed by atoms with Crippen molar-refractivity contribution in [3.8, 4) is 22.9 Å². The van der Waals surface area contributed by atoms with E-state index >= 15 is 0 Å². The number of hydrogen-bond donors (Lipinski definition) is 0. The largest absolute Gasteiger partial charge is 0.454 e. The number of pyridine rings is 1. The summed E-state index contributed by atoms with van der Waals surface area (Å²) in [5.74, 6) is 1.00. The Morgan fingerprint density at radius 3 is 2.52 bits per heavy atom. The Morgan fingerprint density at radius 1 is 1.00 bits per heavy atom. The number of hydrogen-bond acceptors (Lipinski definition) is 6. The summed E-state index contributed by atoms with van der Waals surface area (Å²) < 4.78 is 17.1. The van der Waals surface area contributed by atoms with Crippen LogP contribution in [0.4, 0.5) is 0 Å². The van der Waals surface area contributed by atoms with Crippen molar-refractivity contribution in [3.05, 3.63) is 94.8 Å². The molecule has 0 atom stereocenters. The summed E-state index contributed by atoms with van der Waals surface area (Å²) in [5.41, 5.74) is 1.90. The van der Waals surface area contributed by atoms with Crippen LogP contribution in [0.5, 0.6) is 11.6 Å². The molecule has 0 aliphatic rings. The Kier molecular flexibility index (Phi) is 5.67.